The number of anilines is 2. The van der Waals surface area contributed by atoms with Crippen LogP contribution in [0.5, 0.6) is 0 Å². The van der Waals surface area contributed by atoms with Crippen LogP contribution >= 0.6 is 0 Å². The summed E-state index contributed by atoms with van der Waals surface area (Å²) >= 11 is 0. The number of nitrogen functional groups attached to an aromatic ring is 1. The number of nitrogens with one attached hydrogen (secondary N) is 1. The molecular weight excluding hydrogens is 156 g/mol. The van der Waals surface area contributed by atoms with Crippen molar-refractivity contribution in [3.05, 3.63) is 30.1 Å². The zero-order chi connectivity index (χ0) is 8.97. The molecule has 0 bridgehead atoms. The van der Waals surface area contributed by atoms with E-state index in [1.807, 2.05) is 0 Å². The molecule has 0 aliphatic rings. The van der Waals surface area contributed by atoms with Gasteiger partial charge in [-0.3, -0.25) is 0 Å². The van der Waals surface area contributed by atoms with Crippen molar-refractivity contribution in [3.8, 4) is 0 Å². The van der Waals surface area contributed by atoms with Crippen LogP contribution in [-0.4, -0.2) is 11.5 Å². The molecule has 0 fully saturated rings. The summed E-state index contributed by atoms with van der Waals surface area (Å²) in [4.78, 5) is 3.61. The Labute approximate surface area is 70.1 Å². The molecule has 3 N–H and O–H groups in total. The van der Waals surface area contributed by atoms with Gasteiger partial charge in [-0.2, -0.15) is 0 Å². The maximum Gasteiger partial charge on any atom is 0.343 e. The quantitative estimate of drug-likeness (QED) is 0.373. The largest absolute Gasteiger partial charge is 0.754 e. The first-order chi connectivity index (χ1) is 5.75. The third-order valence-electron chi connectivity index (χ3n) is 1.29. The second-order valence-corrected chi connectivity index (χ2v) is 2.15. The van der Waals surface area contributed by atoms with Crippen molar-refractivity contribution in [1.82, 2.24) is 4.98 Å². The van der Waals surface area contributed by atoms with E-state index in [2.05, 4.69) is 16.9 Å². The van der Waals surface area contributed by atoms with Gasteiger partial charge in [-0.05, 0) is 0 Å². The Kier molecular flexibility index (Phi) is 2.47. The molecule has 0 atom stereocenters. The van der Waals surface area contributed by atoms with Gasteiger partial charge in [0.1, 0.15) is 0 Å². The van der Waals surface area contributed by atoms with E-state index in [0.29, 0.717) is 17.1 Å². The van der Waals surface area contributed by atoms with Gasteiger partial charge in [0.25, 0.3) is 0 Å². The third kappa shape index (κ3) is 1.63. The van der Waals surface area contributed by atoms with Crippen molar-refractivity contribution in [1.29, 1.82) is 0 Å². The smallest absolute Gasteiger partial charge is 0.343 e. The van der Waals surface area contributed by atoms with Gasteiger partial charge in [0.15, 0.2) is 5.82 Å². The van der Waals surface area contributed by atoms with E-state index in [4.69, 9.17) is 5.73 Å². The number of rotatable bonds is 3. The molecule has 1 aromatic rings. The highest BCUT2D eigenvalue weighted by Gasteiger charge is 2.01. The zero-order valence-electron chi connectivity index (χ0n) is 6.53. The molecule has 12 heavy (non-hydrogen) atoms. The van der Waals surface area contributed by atoms with Crippen molar-refractivity contribution in [2.45, 2.75) is 0 Å². The molecule has 0 aliphatic heterocycles. The van der Waals surface area contributed by atoms with Crippen LogP contribution in [0.25, 0.3) is 0 Å². The van der Waals surface area contributed by atoms with Gasteiger partial charge < -0.3 is 16.3 Å². The minimum atomic E-state index is -0.0657. The van der Waals surface area contributed by atoms with Crippen molar-refractivity contribution in [2.24, 2.45) is 0 Å². The molecular formula is C7H10N4O. The van der Waals surface area contributed by atoms with Gasteiger partial charge in [-0.15, -0.1) is 11.6 Å². The Morgan fingerprint density at radius 2 is 2.58 bits per heavy atom. The lowest BCUT2D eigenvalue weighted by Gasteiger charge is -2.11. The number of hydrogen-bond donors (Lipinski definition) is 2. The number of aromatic nitrogens is 2. The van der Waals surface area contributed by atoms with E-state index < -0.39 is 0 Å². The van der Waals surface area contributed by atoms with Crippen molar-refractivity contribution < 1.29 is 4.73 Å². The fourth-order valence-corrected chi connectivity index (χ4v) is 0.735. The van der Waals surface area contributed by atoms with Crippen LogP contribution in [0.2, 0.25) is 0 Å². The van der Waals surface area contributed by atoms with E-state index in [1.165, 1.54) is 6.20 Å². The molecule has 5 heteroatoms. The summed E-state index contributed by atoms with van der Waals surface area (Å²) in [5.41, 5.74) is 5.27. The average Bonchev–Trinajstić information content (AvgIpc) is 2.08. The van der Waals surface area contributed by atoms with Gasteiger partial charge in [0, 0.05) is 6.07 Å². The highest BCUT2D eigenvalue weighted by molar-refractivity contribution is 5.30. The van der Waals surface area contributed by atoms with Crippen molar-refractivity contribution in [2.75, 3.05) is 17.6 Å². The molecule has 0 saturated heterocycles. The summed E-state index contributed by atoms with van der Waals surface area (Å²) in [5.74, 6) is 0.312. The zero-order valence-corrected chi connectivity index (χ0v) is 6.53. The molecule has 5 nitrogen and oxygen atoms in total. The number of hydrogen-bond acceptors (Lipinski definition) is 4. The maximum absolute atomic E-state index is 11.1. The first kappa shape index (κ1) is 8.32. The standard InChI is InChI=1S/C7H10N4O/c1-2-4-9-6-3-5-10-7(8)11(6)12/h2-3,5,9H,1,4H2,(H2,8,10). The molecule has 0 aromatic carbocycles. The molecule has 1 rings (SSSR count). The Bertz CT molecular complexity index is 287. The summed E-state index contributed by atoms with van der Waals surface area (Å²) in [7, 11) is 0. The third-order valence-corrected chi connectivity index (χ3v) is 1.29. The first-order valence-electron chi connectivity index (χ1n) is 3.44. The monoisotopic (exact) mass is 166 g/mol. The van der Waals surface area contributed by atoms with Crippen LogP contribution in [0.15, 0.2) is 24.9 Å². The van der Waals surface area contributed by atoms with Crippen LogP contribution in [0.1, 0.15) is 0 Å². The molecule has 0 amide bonds. The molecule has 1 aromatic heterocycles. The minimum absolute atomic E-state index is 0.0657. The Balaban J connectivity index is 2.84. The van der Waals surface area contributed by atoms with E-state index in [-0.39, 0.29) is 5.95 Å². The van der Waals surface area contributed by atoms with Gasteiger partial charge in [0.2, 0.25) is 0 Å². The number of nitrogens with zero attached hydrogens (tertiary/aromatic N) is 2. The van der Waals surface area contributed by atoms with Crippen LogP contribution in [0, 0.1) is 5.21 Å². The van der Waals surface area contributed by atoms with Crippen LogP contribution in [-0.2, 0) is 0 Å². The predicted octanol–water partition coefficient (Wildman–Crippen LogP) is -0.105. The normalized spacial score (nSPS) is 9.33. The minimum Gasteiger partial charge on any atom is -0.754 e. The van der Waals surface area contributed by atoms with Gasteiger partial charge in [-0.25, -0.2) is 4.73 Å². The highest BCUT2D eigenvalue weighted by Crippen LogP contribution is 1.98. The SMILES string of the molecule is C=CCNc1ccnc(N)[n+]1[O-]. The van der Waals surface area contributed by atoms with E-state index in [0.717, 1.165) is 0 Å². The number of nitrogens with two attached hydrogens (primary N) is 1. The second-order valence-electron chi connectivity index (χ2n) is 2.15. The maximum atomic E-state index is 11.1. The summed E-state index contributed by atoms with van der Waals surface area (Å²) in [5, 5.41) is 13.9. The van der Waals surface area contributed by atoms with E-state index in [9.17, 15) is 5.21 Å². The van der Waals surface area contributed by atoms with Crippen LogP contribution < -0.4 is 15.8 Å². The second kappa shape index (κ2) is 3.56. The van der Waals surface area contributed by atoms with Crippen molar-refractivity contribution >= 4 is 11.8 Å². The molecule has 0 unspecified atom stereocenters. The Morgan fingerprint density at radius 3 is 3.25 bits per heavy atom. The average molecular weight is 166 g/mol. The summed E-state index contributed by atoms with van der Waals surface area (Å²) in [6.45, 7) is 4.03. The van der Waals surface area contributed by atoms with Crippen molar-refractivity contribution in [3.63, 3.8) is 0 Å². The highest BCUT2D eigenvalue weighted by atomic mass is 16.5. The van der Waals surface area contributed by atoms with E-state index in [1.54, 1.807) is 12.1 Å². The van der Waals surface area contributed by atoms with Gasteiger partial charge in [0.05, 0.1) is 12.7 Å². The molecule has 64 valence electrons. The molecule has 0 radical (unpaired) electrons. The fraction of sp³-hybridized carbons (Fsp3) is 0.143. The summed E-state index contributed by atoms with van der Waals surface area (Å²) in [6.07, 6.45) is 3.12. The Morgan fingerprint density at radius 1 is 1.83 bits per heavy atom. The Hall–Kier alpha value is -1.78. The van der Waals surface area contributed by atoms with Gasteiger partial charge >= 0.3 is 5.95 Å². The van der Waals surface area contributed by atoms with E-state index >= 15 is 0 Å². The first-order valence-corrected chi connectivity index (χ1v) is 3.44. The lowest BCUT2D eigenvalue weighted by atomic mass is 10.5. The fourth-order valence-electron chi connectivity index (χ4n) is 0.735. The summed E-state index contributed by atoms with van der Waals surface area (Å²) in [6, 6.07) is 1.55. The molecule has 0 spiro atoms. The topological polar surface area (TPSA) is 77.9 Å². The molecule has 1 heterocycles. The molecule has 0 saturated carbocycles. The lowest BCUT2D eigenvalue weighted by Crippen LogP contribution is -2.35. The van der Waals surface area contributed by atoms with Crippen LogP contribution in [0.4, 0.5) is 11.8 Å². The summed E-state index contributed by atoms with van der Waals surface area (Å²) < 4.78 is 0.531. The predicted molar refractivity (Wildman–Crippen MR) is 46.3 cm³/mol. The van der Waals surface area contributed by atoms with Crippen LogP contribution in [0.3, 0.4) is 0 Å². The van der Waals surface area contributed by atoms with Gasteiger partial charge in [-0.1, -0.05) is 6.08 Å². The molecule has 0 aliphatic carbocycles. The lowest BCUT2D eigenvalue weighted by molar-refractivity contribution is -0.577.